The number of allylic oxidation sites excluding steroid dienone is 1. The first kappa shape index (κ1) is 21.5. The topological polar surface area (TPSA) is 72.3 Å². The molecule has 0 spiro atoms. The van der Waals surface area contributed by atoms with Gasteiger partial charge in [0.15, 0.2) is 5.76 Å². The van der Waals surface area contributed by atoms with Crippen molar-refractivity contribution in [2.45, 2.75) is 13.1 Å². The van der Waals surface area contributed by atoms with Gasteiger partial charge in [-0.25, -0.2) is 0 Å². The highest BCUT2D eigenvalue weighted by Gasteiger charge is 2.31. The average Bonchev–Trinajstić information content (AvgIpc) is 3.12. The molecule has 6 nitrogen and oxygen atoms in total. The van der Waals surface area contributed by atoms with Crippen LogP contribution < -0.4 is 24.2 Å². The number of Topliss-reactive ketones (excluding diaryl/α,β-unsaturated/α-hetero) is 1. The average molecular weight is 431 g/mol. The van der Waals surface area contributed by atoms with Crippen molar-refractivity contribution in [3.8, 4) is 23.0 Å². The molecule has 0 fully saturated rings. The number of fused-ring (bicyclic) bond motifs is 1. The molecular formula is C26H25NO5. The van der Waals surface area contributed by atoms with Crippen molar-refractivity contribution >= 4 is 11.9 Å². The molecule has 0 saturated carbocycles. The Hall–Kier alpha value is -3.77. The van der Waals surface area contributed by atoms with Crippen molar-refractivity contribution in [1.82, 2.24) is 0 Å². The summed E-state index contributed by atoms with van der Waals surface area (Å²) in [5, 5.41) is 12.7. The molecule has 0 saturated heterocycles. The molecule has 0 aliphatic carbocycles. The number of carbonyl (C=O) groups excluding carboxylic acids is 1. The summed E-state index contributed by atoms with van der Waals surface area (Å²) in [6.07, 6.45) is 1.63. The number of ether oxygens (including phenoxy) is 3. The van der Waals surface area contributed by atoms with E-state index in [9.17, 15) is 9.90 Å². The van der Waals surface area contributed by atoms with E-state index in [0.717, 1.165) is 11.4 Å². The fourth-order valence-electron chi connectivity index (χ4n) is 3.84. The van der Waals surface area contributed by atoms with Crippen molar-refractivity contribution in [2.24, 2.45) is 0 Å². The number of ketones is 1. The van der Waals surface area contributed by atoms with Crippen LogP contribution in [0.2, 0.25) is 0 Å². The maximum Gasteiger partial charge on any atom is 0.231 e. The Morgan fingerprint density at radius 1 is 1.00 bits per heavy atom. The van der Waals surface area contributed by atoms with E-state index in [2.05, 4.69) is 12.1 Å². The summed E-state index contributed by atoms with van der Waals surface area (Å²) in [5.41, 5.74) is 2.77. The predicted molar refractivity (Wildman–Crippen MR) is 119 cm³/mol. The second-order valence-corrected chi connectivity index (χ2v) is 7.76. The molecule has 3 aromatic rings. The number of benzene rings is 3. The zero-order valence-corrected chi connectivity index (χ0v) is 18.3. The van der Waals surface area contributed by atoms with Gasteiger partial charge in [0.2, 0.25) is 5.78 Å². The van der Waals surface area contributed by atoms with Gasteiger partial charge in [-0.05, 0) is 24.3 Å². The normalized spacial score (nSPS) is 14.7. The molecule has 1 aliphatic heterocycles. The number of methoxy groups -OCH3 is 2. The molecule has 1 aliphatic rings. The second-order valence-electron chi connectivity index (χ2n) is 7.76. The molecule has 1 N–H and O–H groups in total. The molecule has 1 heterocycles. The highest BCUT2D eigenvalue weighted by Crippen LogP contribution is 2.39. The largest absolute Gasteiger partial charge is 0.872 e. The van der Waals surface area contributed by atoms with E-state index in [4.69, 9.17) is 14.2 Å². The Morgan fingerprint density at radius 2 is 1.78 bits per heavy atom. The van der Waals surface area contributed by atoms with Crippen LogP contribution in [0, 0.1) is 0 Å². The van der Waals surface area contributed by atoms with Crippen LogP contribution >= 0.6 is 0 Å². The molecule has 0 bridgehead atoms. The van der Waals surface area contributed by atoms with Crippen LogP contribution in [-0.4, -0.2) is 27.1 Å². The van der Waals surface area contributed by atoms with Gasteiger partial charge in [0.1, 0.15) is 30.3 Å². The first-order valence-electron chi connectivity index (χ1n) is 10.3. The van der Waals surface area contributed by atoms with E-state index in [1.165, 1.54) is 11.6 Å². The summed E-state index contributed by atoms with van der Waals surface area (Å²) >= 11 is 0. The Morgan fingerprint density at radius 3 is 2.50 bits per heavy atom. The minimum Gasteiger partial charge on any atom is -0.872 e. The van der Waals surface area contributed by atoms with Crippen LogP contribution in [0.25, 0.3) is 6.08 Å². The van der Waals surface area contributed by atoms with Gasteiger partial charge in [-0.2, -0.15) is 0 Å². The summed E-state index contributed by atoms with van der Waals surface area (Å²) in [6.45, 7) is 1.20. The van der Waals surface area contributed by atoms with E-state index in [1.54, 1.807) is 44.6 Å². The zero-order chi connectivity index (χ0) is 22.7. The summed E-state index contributed by atoms with van der Waals surface area (Å²) < 4.78 is 16.6. The monoisotopic (exact) mass is 431 g/mol. The quantitative estimate of drug-likeness (QED) is 0.583. The maximum atomic E-state index is 13.0. The van der Waals surface area contributed by atoms with Crippen LogP contribution in [0.15, 0.2) is 66.4 Å². The molecule has 3 aromatic carbocycles. The molecule has 32 heavy (non-hydrogen) atoms. The Bertz CT molecular complexity index is 1170. The lowest BCUT2D eigenvalue weighted by atomic mass is 10.0. The smallest absolute Gasteiger partial charge is 0.231 e. The third kappa shape index (κ3) is 4.31. The first-order chi connectivity index (χ1) is 15.5. The van der Waals surface area contributed by atoms with Gasteiger partial charge in [-0.3, -0.25) is 4.79 Å². The van der Waals surface area contributed by atoms with Crippen molar-refractivity contribution in [1.29, 1.82) is 0 Å². The Labute approximate surface area is 187 Å². The van der Waals surface area contributed by atoms with Crippen molar-refractivity contribution in [3.63, 3.8) is 0 Å². The molecule has 0 radical (unpaired) electrons. The molecule has 0 amide bonds. The number of hydrogen-bond acceptors (Lipinski definition) is 5. The van der Waals surface area contributed by atoms with Gasteiger partial charge in [0, 0.05) is 22.8 Å². The second kappa shape index (κ2) is 9.16. The van der Waals surface area contributed by atoms with Crippen molar-refractivity contribution in [2.75, 3.05) is 21.3 Å². The molecular weight excluding hydrogens is 406 g/mol. The van der Waals surface area contributed by atoms with Gasteiger partial charge < -0.3 is 24.2 Å². The molecule has 164 valence electrons. The minimum atomic E-state index is -0.250. The highest BCUT2D eigenvalue weighted by atomic mass is 16.5. The fourth-order valence-corrected chi connectivity index (χ4v) is 3.84. The molecule has 1 unspecified atom stereocenters. The Kier molecular flexibility index (Phi) is 6.14. The summed E-state index contributed by atoms with van der Waals surface area (Å²) in [5.74, 6) is 1.34. The van der Waals surface area contributed by atoms with Crippen molar-refractivity contribution in [3.05, 3.63) is 88.7 Å². The predicted octanol–water partition coefficient (Wildman–Crippen LogP) is 2.61. The molecule has 1 atom stereocenters. The third-order valence-electron chi connectivity index (χ3n) is 5.45. The number of nitrogens with one attached hydrogen (secondary N) is 1. The van der Waals surface area contributed by atoms with E-state index < -0.39 is 0 Å². The van der Waals surface area contributed by atoms with Gasteiger partial charge in [-0.1, -0.05) is 42.1 Å². The van der Waals surface area contributed by atoms with Crippen LogP contribution in [0.5, 0.6) is 23.0 Å². The van der Waals surface area contributed by atoms with Gasteiger partial charge >= 0.3 is 0 Å². The first-order valence-corrected chi connectivity index (χ1v) is 10.3. The van der Waals surface area contributed by atoms with Gasteiger partial charge in [-0.15, -0.1) is 0 Å². The summed E-state index contributed by atoms with van der Waals surface area (Å²) in [4.78, 5) is 14.1. The number of rotatable bonds is 7. The van der Waals surface area contributed by atoms with Crippen LogP contribution in [0.3, 0.4) is 0 Å². The van der Waals surface area contributed by atoms with Crippen LogP contribution in [0.1, 0.15) is 27.0 Å². The zero-order valence-electron chi connectivity index (χ0n) is 18.3. The minimum absolute atomic E-state index is 0.132. The van der Waals surface area contributed by atoms with E-state index in [-0.39, 0.29) is 17.3 Å². The van der Waals surface area contributed by atoms with E-state index >= 15 is 0 Å². The summed E-state index contributed by atoms with van der Waals surface area (Å²) in [6, 6.07) is 18.4. The molecule has 6 heteroatoms. The molecule has 0 aromatic heterocycles. The maximum absolute atomic E-state index is 13.0. The standard InChI is InChI=1S/C26H25NO5/c1-27(15-17-7-5-4-6-8-17)16-21-22(28)12-11-20-25(29)24(32-26(20)21)13-18-9-10-19(30-2)14-23(18)31-3/h4-14,28H,15-16H2,1-3H3/b24-13-. The molecule has 4 rings (SSSR count). The number of quaternary nitrogens is 1. The lowest BCUT2D eigenvalue weighted by Crippen LogP contribution is -3.06. The van der Waals surface area contributed by atoms with Crippen LogP contribution in [-0.2, 0) is 13.1 Å². The lowest BCUT2D eigenvalue weighted by molar-refractivity contribution is -0.907. The SMILES string of the molecule is COc1ccc(/C=C2\Oc3c(ccc([O-])c3C[NH+](C)Cc3ccccc3)C2=O)c(OC)c1. The van der Waals surface area contributed by atoms with Gasteiger partial charge in [0.05, 0.1) is 26.8 Å². The number of hydrogen-bond donors (Lipinski definition) is 1. The van der Waals surface area contributed by atoms with Crippen LogP contribution in [0.4, 0.5) is 0 Å². The van der Waals surface area contributed by atoms with Gasteiger partial charge in [0.25, 0.3) is 0 Å². The Balaban J connectivity index is 1.62. The number of carbonyl (C=O) groups is 1. The lowest BCUT2D eigenvalue weighted by Gasteiger charge is -2.20. The third-order valence-corrected chi connectivity index (χ3v) is 5.45. The summed E-state index contributed by atoms with van der Waals surface area (Å²) in [7, 11) is 5.14. The van der Waals surface area contributed by atoms with E-state index in [0.29, 0.717) is 40.5 Å². The fraction of sp³-hybridized carbons (Fsp3) is 0.192. The van der Waals surface area contributed by atoms with E-state index in [1.807, 2.05) is 25.2 Å². The highest BCUT2D eigenvalue weighted by molar-refractivity contribution is 6.15. The van der Waals surface area contributed by atoms with Crippen molar-refractivity contribution < 1.29 is 29.0 Å².